The number of rotatable bonds is 7. The van der Waals surface area contributed by atoms with Crippen molar-refractivity contribution in [2.24, 2.45) is 0 Å². The van der Waals surface area contributed by atoms with Gasteiger partial charge in [-0.1, -0.05) is 23.4 Å². The van der Waals surface area contributed by atoms with Crippen LogP contribution in [0.3, 0.4) is 0 Å². The fourth-order valence-corrected chi connectivity index (χ4v) is 4.00. The van der Waals surface area contributed by atoms with Crippen molar-refractivity contribution in [2.75, 3.05) is 32.5 Å². The number of fused-ring (bicyclic) bond motifs is 2. The molecular weight excluding hydrogens is 418 g/mol. The lowest BCUT2D eigenvalue weighted by Gasteiger charge is -2.13. The molecule has 5 aromatic rings. The van der Waals surface area contributed by atoms with Crippen LogP contribution in [-0.2, 0) is 0 Å². The number of nitrogens with zero attached hydrogens (tertiary/aromatic N) is 4. The molecule has 8 nitrogen and oxygen atoms in total. The minimum absolute atomic E-state index is 0.155. The van der Waals surface area contributed by atoms with Crippen LogP contribution in [0.2, 0.25) is 0 Å². The third-order valence-electron chi connectivity index (χ3n) is 5.60. The van der Waals surface area contributed by atoms with Crippen LogP contribution in [0.4, 0.5) is 5.69 Å². The Morgan fingerprint density at radius 1 is 1.09 bits per heavy atom. The van der Waals surface area contributed by atoms with E-state index in [0.29, 0.717) is 38.6 Å². The summed E-state index contributed by atoms with van der Waals surface area (Å²) in [4.78, 5) is 28.2. The van der Waals surface area contributed by atoms with Crippen molar-refractivity contribution in [3.8, 4) is 5.75 Å². The van der Waals surface area contributed by atoms with E-state index >= 15 is 0 Å². The first kappa shape index (κ1) is 20.8. The first-order valence-electron chi connectivity index (χ1n) is 10.8. The summed E-state index contributed by atoms with van der Waals surface area (Å²) in [7, 11) is 4.06. The van der Waals surface area contributed by atoms with Crippen LogP contribution in [0.5, 0.6) is 5.75 Å². The third-order valence-corrected chi connectivity index (χ3v) is 5.60. The van der Waals surface area contributed by atoms with E-state index in [1.165, 1.54) is 0 Å². The molecule has 0 spiro atoms. The molecule has 0 aliphatic heterocycles. The first-order chi connectivity index (χ1) is 16.0. The Balaban J connectivity index is 1.57. The number of pyridine rings is 1. The summed E-state index contributed by atoms with van der Waals surface area (Å²) < 4.78 is 7.21. The van der Waals surface area contributed by atoms with E-state index in [1.54, 1.807) is 47.0 Å². The van der Waals surface area contributed by atoms with Gasteiger partial charge in [-0.2, -0.15) is 0 Å². The van der Waals surface area contributed by atoms with Crippen molar-refractivity contribution in [3.63, 3.8) is 0 Å². The number of aromatic nitrogens is 3. The van der Waals surface area contributed by atoms with Crippen LogP contribution in [0.15, 0.2) is 65.5 Å². The highest BCUT2D eigenvalue weighted by Gasteiger charge is 2.18. The molecule has 2 heterocycles. The lowest BCUT2D eigenvalue weighted by Crippen LogP contribution is -2.17. The minimum atomic E-state index is -0.481. The quantitative estimate of drug-likeness (QED) is 0.179. The number of esters is 1. The van der Waals surface area contributed by atoms with E-state index in [1.807, 2.05) is 32.3 Å². The molecule has 33 heavy (non-hydrogen) atoms. The summed E-state index contributed by atoms with van der Waals surface area (Å²) in [6.07, 6.45) is 0.937. The maximum absolute atomic E-state index is 13.6. The van der Waals surface area contributed by atoms with Gasteiger partial charge in [0.1, 0.15) is 16.8 Å². The van der Waals surface area contributed by atoms with Gasteiger partial charge in [0.2, 0.25) is 0 Å². The molecule has 0 saturated heterocycles. The number of hydrogen-bond acceptors (Lipinski definition) is 7. The molecule has 0 unspecified atom stereocenters. The van der Waals surface area contributed by atoms with Gasteiger partial charge in [0, 0.05) is 12.2 Å². The summed E-state index contributed by atoms with van der Waals surface area (Å²) in [5.41, 5.74) is 2.97. The van der Waals surface area contributed by atoms with Gasteiger partial charge in [-0.25, -0.2) is 9.31 Å². The molecule has 0 aliphatic carbocycles. The van der Waals surface area contributed by atoms with Gasteiger partial charge in [-0.3, -0.25) is 4.79 Å². The van der Waals surface area contributed by atoms with Crippen LogP contribution in [0, 0.1) is 0 Å². The lowest BCUT2D eigenvalue weighted by atomic mass is 10.1. The molecule has 166 valence electrons. The number of anilines is 1. The van der Waals surface area contributed by atoms with Gasteiger partial charge in [0.25, 0.3) is 0 Å². The number of hydrogen-bond donors (Lipinski definition) is 1. The predicted molar refractivity (Wildman–Crippen MR) is 129 cm³/mol. The Morgan fingerprint density at radius 3 is 2.70 bits per heavy atom. The number of nitrogens with one attached hydrogen (secondary N) is 1. The lowest BCUT2D eigenvalue weighted by molar-refractivity contribution is 0.0735. The van der Waals surface area contributed by atoms with Gasteiger partial charge in [0.15, 0.2) is 5.43 Å². The maximum atomic E-state index is 13.6. The molecule has 5 rings (SSSR count). The Bertz CT molecular complexity index is 1510. The fourth-order valence-electron chi connectivity index (χ4n) is 4.00. The zero-order valence-electron chi connectivity index (χ0n) is 18.4. The molecule has 0 amide bonds. The van der Waals surface area contributed by atoms with Gasteiger partial charge in [-0.05, 0) is 69.5 Å². The number of carbonyl (C=O) groups excluding carboxylic acids is 1. The smallest absolute Gasteiger partial charge is 0.343 e. The summed E-state index contributed by atoms with van der Waals surface area (Å²) in [6.45, 7) is 1.67. The molecule has 0 radical (unpaired) electrons. The molecular formula is C25H23N5O3. The van der Waals surface area contributed by atoms with E-state index in [9.17, 15) is 9.59 Å². The van der Waals surface area contributed by atoms with E-state index in [2.05, 4.69) is 20.5 Å². The Kier molecular flexibility index (Phi) is 5.35. The molecule has 0 bridgehead atoms. The van der Waals surface area contributed by atoms with Crippen molar-refractivity contribution in [1.29, 1.82) is 0 Å². The normalized spacial score (nSPS) is 11.6. The van der Waals surface area contributed by atoms with Crippen LogP contribution in [0.25, 0.3) is 27.3 Å². The highest BCUT2D eigenvalue weighted by molar-refractivity contribution is 6.06. The molecule has 0 aliphatic rings. The average molecular weight is 441 g/mol. The Labute approximate surface area is 189 Å². The van der Waals surface area contributed by atoms with Gasteiger partial charge in [0.05, 0.1) is 21.9 Å². The zero-order valence-corrected chi connectivity index (χ0v) is 18.4. The summed E-state index contributed by atoms with van der Waals surface area (Å²) in [5.74, 6) is -0.183. The second-order valence-corrected chi connectivity index (χ2v) is 8.20. The predicted octanol–water partition coefficient (Wildman–Crippen LogP) is 3.42. The van der Waals surface area contributed by atoms with Gasteiger partial charge >= 0.3 is 5.97 Å². The average Bonchev–Trinajstić information content (AvgIpc) is 3.25. The third kappa shape index (κ3) is 3.85. The second kappa shape index (κ2) is 8.48. The van der Waals surface area contributed by atoms with Gasteiger partial charge < -0.3 is 15.0 Å². The fraction of sp³-hybridized carbons (Fsp3) is 0.200. The number of carbonyl (C=O) groups is 1. The van der Waals surface area contributed by atoms with Crippen molar-refractivity contribution in [1.82, 2.24) is 19.7 Å². The molecule has 1 N–H and O–H groups in total. The van der Waals surface area contributed by atoms with E-state index in [0.717, 1.165) is 25.2 Å². The first-order valence-corrected chi connectivity index (χ1v) is 10.8. The molecule has 8 heteroatoms. The van der Waals surface area contributed by atoms with Crippen molar-refractivity contribution < 1.29 is 9.53 Å². The van der Waals surface area contributed by atoms with Crippen molar-refractivity contribution in [2.45, 2.75) is 6.42 Å². The molecule has 2 aromatic heterocycles. The van der Waals surface area contributed by atoms with Crippen LogP contribution < -0.4 is 15.5 Å². The second-order valence-electron chi connectivity index (χ2n) is 8.20. The molecule has 0 saturated carbocycles. The van der Waals surface area contributed by atoms with E-state index < -0.39 is 5.97 Å². The Hall–Kier alpha value is -4.04. The standard InChI is InChI=1S/C25H23N5O3/c1-29(2)14-6-13-26-19-10-11-20-23-22(19)24(31)18-15-17(9-12-21(18)30(23)28-27-20)33-25(32)16-7-4-3-5-8-16/h3-5,7-12,15,26H,6,13-14H2,1-2H3. The highest BCUT2D eigenvalue weighted by atomic mass is 16.5. The summed E-state index contributed by atoms with van der Waals surface area (Å²) >= 11 is 0. The molecule has 3 aromatic carbocycles. The topological polar surface area (TPSA) is 88.8 Å². The number of benzene rings is 3. The van der Waals surface area contributed by atoms with Crippen LogP contribution >= 0.6 is 0 Å². The van der Waals surface area contributed by atoms with E-state index in [-0.39, 0.29) is 5.43 Å². The summed E-state index contributed by atoms with van der Waals surface area (Å²) in [5, 5.41) is 12.8. The molecule has 0 fully saturated rings. The summed E-state index contributed by atoms with van der Waals surface area (Å²) in [6, 6.07) is 17.5. The van der Waals surface area contributed by atoms with Crippen LogP contribution in [0.1, 0.15) is 16.8 Å². The zero-order chi connectivity index (χ0) is 22.9. The number of ether oxygens (including phenoxy) is 1. The maximum Gasteiger partial charge on any atom is 0.343 e. The van der Waals surface area contributed by atoms with E-state index in [4.69, 9.17) is 4.74 Å². The van der Waals surface area contributed by atoms with Crippen molar-refractivity contribution in [3.05, 3.63) is 76.5 Å². The van der Waals surface area contributed by atoms with Gasteiger partial charge in [-0.15, -0.1) is 5.10 Å². The Morgan fingerprint density at radius 2 is 1.91 bits per heavy atom. The largest absolute Gasteiger partial charge is 0.423 e. The SMILES string of the molecule is CN(C)CCCNc1ccc2nnn3c4ccc(OC(=O)c5ccccc5)cc4c(=O)c1c23. The van der Waals surface area contributed by atoms with Crippen molar-refractivity contribution >= 4 is 39.0 Å². The molecule has 0 atom stereocenters. The van der Waals surface area contributed by atoms with Crippen LogP contribution in [-0.4, -0.2) is 52.9 Å². The highest BCUT2D eigenvalue weighted by Crippen LogP contribution is 2.29. The monoisotopic (exact) mass is 441 g/mol. The minimum Gasteiger partial charge on any atom is -0.423 e.